The molecule has 1 fully saturated rings. The number of nitrogens with one attached hydrogen (secondary N) is 3. The van der Waals surface area contributed by atoms with Crippen LogP contribution in [0.1, 0.15) is 80.7 Å². The molecular weight excluding hydrogens is 724 g/mol. The molecule has 2 aromatic carbocycles. The second kappa shape index (κ2) is 14.5. The molecule has 15 nitrogen and oxygen atoms in total. The molecule has 53 heavy (non-hydrogen) atoms. The molecule has 3 aliphatic rings. The third-order valence-corrected chi connectivity index (χ3v) is 10.9. The zero-order valence-electron chi connectivity index (χ0n) is 28.9. The van der Waals surface area contributed by atoms with E-state index in [2.05, 4.69) is 40.0 Å². The highest BCUT2D eigenvalue weighted by Crippen LogP contribution is 2.41. The molecule has 3 atom stereocenters. The number of rotatable bonds is 10. The molecule has 0 aliphatic carbocycles. The fourth-order valence-corrected chi connectivity index (χ4v) is 8.08. The number of imide groups is 1. The van der Waals surface area contributed by atoms with Crippen molar-refractivity contribution in [3.05, 3.63) is 91.8 Å². The van der Waals surface area contributed by atoms with Crippen molar-refractivity contribution < 1.29 is 33.8 Å². The number of benzene rings is 2. The number of piperidine rings is 1. The van der Waals surface area contributed by atoms with Crippen molar-refractivity contribution >= 4 is 58.2 Å². The van der Waals surface area contributed by atoms with Crippen molar-refractivity contribution in [2.45, 2.75) is 58.3 Å². The molecule has 3 unspecified atom stereocenters. The van der Waals surface area contributed by atoms with Gasteiger partial charge in [0.05, 0.1) is 17.7 Å². The van der Waals surface area contributed by atoms with Gasteiger partial charge in [-0.05, 0) is 51.0 Å². The number of hydrogen-bond acceptors (Lipinski definition) is 11. The van der Waals surface area contributed by atoms with Crippen LogP contribution in [-0.4, -0.2) is 85.8 Å². The average molecular weight is 759 g/mol. The number of thiophene rings is 1. The maximum atomic E-state index is 13.3. The molecule has 1 saturated heterocycles. The second-order valence-corrected chi connectivity index (χ2v) is 14.5. The van der Waals surface area contributed by atoms with Crippen molar-refractivity contribution in [1.82, 2.24) is 35.6 Å². The first-order chi connectivity index (χ1) is 25.4. The van der Waals surface area contributed by atoms with Crippen LogP contribution in [0.2, 0.25) is 5.02 Å². The minimum Gasteiger partial charge on any atom is -0.483 e. The van der Waals surface area contributed by atoms with Gasteiger partial charge >= 0.3 is 0 Å². The highest BCUT2D eigenvalue weighted by molar-refractivity contribution is 7.15. The zero-order chi connectivity index (χ0) is 37.6. The molecule has 4 N–H and O–H groups in total. The van der Waals surface area contributed by atoms with E-state index in [4.69, 9.17) is 21.3 Å². The van der Waals surface area contributed by atoms with E-state index >= 15 is 0 Å². The monoisotopic (exact) mass is 758 g/mol. The molecule has 4 aromatic rings. The van der Waals surface area contributed by atoms with Crippen molar-refractivity contribution in [3.63, 3.8) is 0 Å². The Morgan fingerprint density at radius 2 is 1.75 bits per heavy atom. The minimum absolute atomic E-state index is 0.0198. The second-order valence-electron chi connectivity index (χ2n) is 12.9. The van der Waals surface area contributed by atoms with E-state index in [0.717, 1.165) is 37.2 Å². The van der Waals surface area contributed by atoms with E-state index in [9.17, 15) is 29.1 Å². The number of nitrogens with zero attached hydrogens (tertiary/aromatic N) is 5. The highest BCUT2D eigenvalue weighted by atomic mass is 35.5. The molecule has 0 bridgehead atoms. The summed E-state index contributed by atoms with van der Waals surface area (Å²) < 4.78 is 7.64. The summed E-state index contributed by atoms with van der Waals surface area (Å²) in [5.41, 5.74) is 3.90. The van der Waals surface area contributed by atoms with Gasteiger partial charge in [-0.3, -0.25) is 43.7 Å². The Labute approximate surface area is 312 Å². The van der Waals surface area contributed by atoms with Gasteiger partial charge in [0.25, 0.3) is 11.8 Å². The smallest absolute Gasteiger partial charge is 0.261 e. The lowest BCUT2D eigenvalue weighted by Crippen LogP contribution is -2.53. The average Bonchev–Trinajstić information content (AvgIpc) is 3.70. The number of aliphatic hydroxyl groups is 1. The molecule has 7 rings (SSSR count). The standard InChI is InChI=1S/C36H35ClN8O7S/c1-17-18(2)53-36-29(17)31(20-7-9-21(37)10-8-20)40-23(32-43-42-19(3)44(32)36)15-27(47)38-13-14-39-28(48)16-52-25-6-4-5-22-30(25)35(51)45(34(22)50)24-11-12-26(46)41-33(24)49/h4-10,23-24,34,50H,11-16H2,1-3H3,(H,38,47)(H,39,48)(H,41,46,49). The molecule has 3 aliphatic heterocycles. The Bertz CT molecular complexity index is 2200. The first kappa shape index (κ1) is 35.9. The quantitative estimate of drug-likeness (QED) is 0.139. The van der Waals surface area contributed by atoms with Gasteiger partial charge in [0.1, 0.15) is 28.7 Å². The van der Waals surface area contributed by atoms with Gasteiger partial charge in [-0.15, -0.1) is 21.5 Å². The van der Waals surface area contributed by atoms with Crippen LogP contribution in [0.15, 0.2) is 47.5 Å². The summed E-state index contributed by atoms with van der Waals surface area (Å²) in [5.74, 6) is -1.27. The van der Waals surface area contributed by atoms with Gasteiger partial charge in [0.15, 0.2) is 18.7 Å². The molecule has 0 spiro atoms. The lowest BCUT2D eigenvalue weighted by atomic mass is 9.99. The number of aliphatic hydroxyl groups excluding tert-OH is 1. The van der Waals surface area contributed by atoms with Crippen molar-refractivity contribution in [3.8, 4) is 10.8 Å². The van der Waals surface area contributed by atoms with Gasteiger partial charge in [-0.1, -0.05) is 35.9 Å². The van der Waals surface area contributed by atoms with Gasteiger partial charge in [0.2, 0.25) is 17.7 Å². The van der Waals surface area contributed by atoms with Crippen molar-refractivity contribution in [2.24, 2.45) is 4.99 Å². The Balaban J connectivity index is 0.967. The molecule has 0 saturated carbocycles. The first-order valence-electron chi connectivity index (χ1n) is 16.9. The van der Waals surface area contributed by atoms with E-state index in [1.165, 1.54) is 12.1 Å². The van der Waals surface area contributed by atoms with E-state index < -0.39 is 48.5 Å². The predicted octanol–water partition coefficient (Wildman–Crippen LogP) is 2.75. The fourth-order valence-electron chi connectivity index (χ4n) is 6.74. The SMILES string of the molecule is Cc1sc2c(c1C)C(c1ccc(Cl)cc1)=NC(CC(=O)NCCNC(=O)COc1cccc3c1C(=O)N(C1CCC(=O)NC1=O)C3O)c1nnc(C)n1-2. The molecule has 17 heteroatoms. The van der Waals surface area contributed by atoms with Crippen LogP contribution in [0.5, 0.6) is 5.75 Å². The first-order valence-corrected chi connectivity index (χ1v) is 18.1. The third-order valence-electron chi connectivity index (χ3n) is 9.46. The number of ether oxygens (including phenoxy) is 1. The lowest BCUT2D eigenvalue weighted by Gasteiger charge is -2.31. The van der Waals surface area contributed by atoms with E-state index in [-0.39, 0.29) is 55.1 Å². The fraction of sp³-hybridized carbons (Fsp3) is 0.333. The number of aryl methyl sites for hydroxylation is 2. The van der Waals surface area contributed by atoms with Crippen LogP contribution >= 0.6 is 22.9 Å². The Morgan fingerprint density at radius 1 is 1.02 bits per heavy atom. The molecule has 2 aromatic heterocycles. The van der Waals surface area contributed by atoms with Gasteiger partial charge < -0.3 is 20.5 Å². The molecular formula is C36H35ClN8O7S. The van der Waals surface area contributed by atoms with Crippen LogP contribution in [0.25, 0.3) is 5.00 Å². The van der Waals surface area contributed by atoms with Gasteiger partial charge in [-0.2, -0.15) is 0 Å². The molecule has 274 valence electrons. The van der Waals surface area contributed by atoms with E-state index in [1.807, 2.05) is 23.6 Å². The Kier molecular flexibility index (Phi) is 9.85. The van der Waals surface area contributed by atoms with E-state index in [1.54, 1.807) is 29.5 Å². The van der Waals surface area contributed by atoms with Crippen LogP contribution < -0.4 is 20.7 Å². The number of aromatic nitrogens is 3. The number of carbonyl (C=O) groups is 5. The maximum absolute atomic E-state index is 13.3. The van der Waals surface area contributed by atoms with Crippen LogP contribution in [0.4, 0.5) is 0 Å². The molecule has 5 amide bonds. The lowest BCUT2D eigenvalue weighted by molar-refractivity contribution is -0.139. The number of amides is 5. The topological polar surface area (TPSA) is 197 Å². The van der Waals surface area contributed by atoms with Crippen molar-refractivity contribution in [2.75, 3.05) is 19.7 Å². The van der Waals surface area contributed by atoms with Crippen LogP contribution in [0.3, 0.4) is 0 Å². The minimum atomic E-state index is -1.42. The third kappa shape index (κ3) is 6.80. The van der Waals surface area contributed by atoms with Gasteiger partial charge in [0, 0.05) is 46.1 Å². The summed E-state index contributed by atoms with van der Waals surface area (Å²) in [7, 11) is 0. The zero-order valence-corrected chi connectivity index (χ0v) is 30.5. The predicted molar refractivity (Wildman–Crippen MR) is 193 cm³/mol. The largest absolute Gasteiger partial charge is 0.483 e. The molecule has 5 heterocycles. The number of carbonyl (C=O) groups excluding carboxylic acids is 5. The number of halogens is 1. The summed E-state index contributed by atoms with van der Waals surface area (Å²) in [6.45, 7) is 5.74. The Hall–Kier alpha value is -5.45. The Morgan fingerprint density at radius 3 is 2.49 bits per heavy atom. The normalized spacial score (nSPS) is 19.1. The number of hydrogen-bond donors (Lipinski definition) is 4. The summed E-state index contributed by atoms with van der Waals surface area (Å²) >= 11 is 7.82. The molecule has 0 radical (unpaired) electrons. The van der Waals surface area contributed by atoms with E-state index in [0.29, 0.717) is 16.7 Å². The summed E-state index contributed by atoms with van der Waals surface area (Å²) in [4.78, 5) is 70.6. The maximum Gasteiger partial charge on any atom is 0.261 e. The van der Waals surface area contributed by atoms with Crippen LogP contribution in [-0.2, 0) is 19.2 Å². The summed E-state index contributed by atoms with van der Waals surface area (Å²) in [6.07, 6.45) is -1.33. The number of aliphatic imine (C=N–C) groups is 1. The summed E-state index contributed by atoms with van der Waals surface area (Å²) in [6, 6.07) is 10.3. The summed E-state index contributed by atoms with van der Waals surface area (Å²) in [5, 5.41) is 28.9. The highest BCUT2D eigenvalue weighted by Gasteiger charge is 2.46. The van der Waals surface area contributed by atoms with Crippen LogP contribution in [0, 0.1) is 20.8 Å². The number of fused-ring (bicyclic) bond motifs is 4. The van der Waals surface area contributed by atoms with Crippen molar-refractivity contribution in [1.29, 1.82) is 0 Å². The van der Waals surface area contributed by atoms with Gasteiger partial charge in [-0.25, -0.2) is 0 Å².